The number of thioether (sulfide) groups is 1. The Morgan fingerprint density at radius 2 is 2.24 bits per heavy atom. The number of hydrogen-bond acceptors (Lipinski definition) is 3. The van der Waals surface area contributed by atoms with Gasteiger partial charge < -0.3 is 0 Å². The Balaban J connectivity index is 1.92. The Kier molecular flexibility index (Phi) is 4.42. The maximum Gasteiger partial charge on any atom is 0.251 e. The van der Waals surface area contributed by atoms with Gasteiger partial charge in [-0.15, -0.1) is 11.8 Å². The Hall–Kier alpha value is -0.580. The van der Waals surface area contributed by atoms with Crippen LogP contribution < -0.4 is 10.9 Å². The van der Waals surface area contributed by atoms with Gasteiger partial charge in [0.25, 0.3) is 5.91 Å². The number of hydrazine groups is 1. The van der Waals surface area contributed by atoms with Gasteiger partial charge in [0.05, 0.1) is 16.0 Å². The lowest BCUT2D eigenvalue weighted by Gasteiger charge is -2.13. The summed E-state index contributed by atoms with van der Waals surface area (Å²) in [6, 6.07) is 5.05. The normalized spacial score (nSPS) is 19.1. The van der Waals surface area contributed by atoms with Crippen molar-refractivity contribution < 1.29 is 4.79 Å². The van der Waals surface area contributed by atoms with Crippen LogP contribution in [-0.2, 0) is 4.79 Å². The number of carbonyl (C=O) groups is 1. The summed E-state index contributed by atoms with van der Waals surface area (Å²) in [6.45, 7) is 0. The molecule has 1 unspecified atom stereocenters. The number of benzene rings is 1. The van der Waals surface area contributed by atoms with E-state index in [-0.39, 0.29) is 11.2 Å². The second-order valence-electron chi connectivity index (χ2n) is 3.74. The number of hydrogen-bond donors (Lipinski definition) is 2. The molecule has 1 amide bonds. The van der Waals surface area contributed by atoms with Gasteiger partial charge >= 0.3 is 0 Å². The van der Waals surface area contributed by atoms with E-state index in [4.69, 9.17) is 23.2 Å². The van der Waals surface area contributed by atoms with Crippen LogP contribution in [0.3, 0.4) is 0 Å². The van der Waals surface area contributed by atoms with E-state index >= 15 is 0 Å². The van der Waals surface area contributed by atoms with Gasteiger partial charge in [-0.2, -0.15) is 0 Å². The first kappa shape index (κ1) is 12.9. The van der Waals surface area contributed by atoms with Crippen molar-refractivity contribution in [1.29, 1.82) is 0 Å². The van der Waals surface area contributed by atoms with Gasteiger partial charge in [-0.25, -0.2) is 0 Å². The Morgan fingerprint density at radius 1 is 1.41 bits per heavy atom. The highest BCUT2D eigenvalue weighted by atomic mass is 35.5. The van der Waals surface area contributed by atoms with Gasteiger partial charge in [0.15, 0.2) is 0 Å². The van der Waals surface area contributed by atoms with E-state index < -0.39 is 0 Å². The summed E-state index contributed by atoms with van der Waals surface area (Å²) >= 11 is 13.5. The third kappa shape index (κ3) is 3.44. The van der Waals surface area contributed by atoms with Crippen LogP contribution in [0.2, 0.25) is 10.0 Å². The van der Waals surface area contributed by atoms with Crippen LogP contribution in [0.15, 0.2) is 18.2 Å². The highest BCUT2D eigenvalue weighted by Gasteiger charge is 2.23. The van der Waals surface area contributed by atoms with Gasteiger partial charge in [0, 0.05) is 5.02 Å². The SMILES string of the molecule is O=C(NNc1cc(Cl)ccc1Cl)C1CCCS1. The summed E-state index contributed by atoms with van der Waals surface area (Å²) in [7, 11) is 0. The van der Waals surface area contributed by atoms with Crippen LogP contribution in [0.5, 0.6) is 0 Å². The molecule has 92 valence electrons. The molecule has 17 heavy (non-hydrogen) atoms. The third-order valence-electron chi connectivity index (χ3n) is 2.47. The number of carbonyl (C=O) groups excluding carboxylic acids is 1. The van der Waals surface area contributed by atoms with Crippen LogP contribution in [0.1, 0.15) is 12.8 Å². The summed E-state index contributed by atoms with van der Waals surface area (Å²) in [5.41, 5.74) is 6.06. The Bertz CT molecular complexity index is 422. The van der Waals surface area contributed by atoms with Gasteiger partial charge in [0.1, 0.15) is 0 Å². The van der Waals surface area contributed by atoms with Crippen molar-refractivity contribution >= 4 is 46.6 Å². The maximum atomic E-state index is 11.7. The van der Waals surface area contributed by atoms with Crippen LogP contribution in [0, 0.1) is 0 Å². The van der Waals surface area contributed by atoms with E-state index in [9.17, 15) is 4.79 Å². The zero-order valence-electron chi connectivity index (χ0n) is 9.00. The molecule has 2 N–H and O–H groups in total. The second-order valence-corrected chi connectivity index (χ2v) is 5.89. The van der Waals surface area contributed by atoms with Gasteiger partial charge in [0.2, 0.25) is 0 Å². The first-order valence-corrected chi connectivity index (χ1v) is 7.10. The minimum atomic E-state index is -0.0106. The smallest absolute Gasteiger partial charge is 0.251 e. The molecule has 0 aliphatic carbocycles. The first-order valence-electron chi connectivity index (χ1n) is 5.29. The van der Waals surface area contributed by atoms with Crippen molar-refractivity contribution in [1.82, 2.24) is 5.43 Å². The summed E-state index contributed by atoms with van der Waals surface area (Å²) in [4.78, 5) is 11.7. The fraction of sp³-hybridized carbons (Fsp3) is 0.364. The van der Waals surface area contributed by atoms with Crippen molar-refractivity contribution in [2.75, 3.05) is 11.2 Å². The van der Waals surface area contributed by atoms with Crippen LogP contribution >= 0.6 is 35.0 Å². The number of nitrogens with one attached hydrogen (secondary N) is 2. The highest BCUT2D eigenvalue weighted by molar-refractivity contribution is 8.00. The molecule has 1 saturated heterocycles. The molecule has 3 nitrogen and oxygen atoms in total. The second kappa shape index (κ2) is 5.85. The fourth-order valence-electron chi connectivity index (χ4n) is 1.59. The molecule has 1 aromatic rings. The third-order valence-corrected chi connectivity index (χ3v) is 4.41. The van der Waals surface area contributed by atoms with Crippen LogP contribution in [0.25, 0.3) is 0 Å². The van der Waals surface area contributed by atoms with Crippen LogP contribution in [-0.4, -0.2) is 16.9 Å². The average Bonchev–Trinajstić information content (AvgIpc) is 2.83. The van der Waals surface area contributed by atoms with E-state index in [1.165, 1.54) is 0 Å². The number of anilines is 1. The van der Waals surface area contributed by atoms with Crippen molar-refractivity contribution in [2.24, 2.45) is 0 Å². The highest BCUT2D eigenvalue weighted by Crippen LogP contribution is 2.27. The Morgan fingerprint density at radius 3 is 2.94 bits per heavy atom. The zero-order valence-corrected chi connectivity index (χ0v) is 11.3. The number of rotatable bonds is 3. The average molecular weight is 291 g/mol. The predicted molar refractivity (Wildman–Crippen MR) is 73.7 cm³/mol. The summed E-state index contributed by atoms with van der Waals surface area (Å²) in [6.07, 6.45) is 2.03. The summed E-state index contributed by atoms with van der Waals surface area (Å²) < 4.78 is 0. The lowest BCUT2D eigenvalue weighted by atomic mass is 10.2. The minimum absolute atomic E-state index is 0.0106. The molecular weight excluding hydrogens is 279 g/mol. The quantitative estimate of drug-likeness (QED) is 0.839. The molecule has 0 aromatic heterocycles. The lowest BCUT2D eigenvalue weighted by molar-refractivity contribution is -0.120. The van der Waals surface area contributed by atoms with E-state index in [0.29, 0.717) is 15.7 Å². The molecule has 2 rings (SSSR count). The first-order chi connectivity index (χ1) is 8.16. The van der Waals surface area contributed by atoms with Crippen molar-refractivity contribution in [3.05, 3.63) is 28.2 Å². The van der Waals surface area contributed by atoms with E-state index in [0.717, 1.165) is 18.6 Å². The van der Waals surface area contributed by atoms with E-state index in [2.05, 4.69) is 10.9 Å². The topological polar surface area (TPSA) is 41.1 Å². The fourth-order valence-corrected chi connectivity index (χ4v) is 3.09. The number of halogens is 2. The molecular formula is C11H12Cl2N2OS. The molecule has 0 saturated carbocycles. The van der Waals surface area contributed by atoms with Gasteiger partial charge in [-0.05, 0) is 36.8 Å². The molecule has 1 heterocycles. The Labute approximate surface area is 114 Å². The molecule has 0 bridgehead atoms. The van der Waals surface area contributed by atoms with Crippen molar-refractivity contribution in [3.8, 4) is 0 Å². The van der Waals surface area contributed by atoms with Gasteiger partial charge in [-0.1, -0.05) is 23.2 Å². The molecule has 1 fully saturated rings. The largest absolute Gasteiger partial charge is 0.297 e. The standard InChI is InChI=1S/C11H12Cl2N2OS/c12-7-3-4-8(13)9(6-7)14-15-11(16)10-2-1-5-17-10/h3-4,6,10,14H,1-2,5H2,(H,15,16). The predicted octanol–water partition coefficient (Wildman–Crippen LogP) is 3.33. The molecule has 1 aliphatic heterocycles. The van der Waals surface area contributed by atoms with Crippen LogP contribution in [0.4, 0.5) is 5.69 Å². The number of amides is 1. The molecule has 6 heteroatoms. The zero-order chi connectivity index (χ0) is 12.3. The van der Waals surface area contributed by atoms with E-state index in [1.807, 2.05) is 0 Å². The monoisotopic (exact) mass is 290 g/mol. The minimum Gasteiger partial charge on any atom is -0.297 e. The van der Waals surface area contributed by atoms with Crippen molar-refractivity contribution in [2.45, 2.75) is 18.1 Å². The van der Waals surface area contributed by atoms with Crippen molar-refractivity contribution in [3.63, 3.8) is 0 Å². The lowest BCUT2D eigenvalue weighted by Crippen LogP contribution is -2.35. The molecule has 0 spiro atoms. The van der Waals surface area contributed by atoms with Gasteiger partial charge in [-0.3, -0.25) is 15.6 Å². The maximum absolute atomic E-state index is 11.7. The molecule has 1 atom stereocenters. The van der Waals surface area contributed by atoms with E-state index in [1.54, 1.807) is 30.0 Å². The summed E-state index contributed by atoms with van der Waals surface area (Å²) in [5.74, 6) is 1.04. The molecule has 1 aliphatic rings. The molecule has 1 aromatic carbocycles. The molecule has 0 radical (unpaired) electrons. The summed E-state index contributed by atoms with van der Waals surface area (Å²) in [5, 5.41) is 1.13.